The Labute approximate surface area is 108 Å². The molecule has 0 radical (unpaired) electrons. The van der Waals surface area contributed by atoms with Crippen molar-refractivity contribution in [2.45, 2.75) is 33.2 Å². The quantitative estimate of drug-likeness (QED) is 0.736. The molecule has 0 aliphatic rings. The van der Waals surface area contributed by atoms with Crippen molar-refractivity contribution in [3.05, 3.63) is 22.4 Å². The van der Waals surface area contributed by atoms with Gasteiger partial charge < -0.3 is 0 Å². The zero-order chi connectivity index (χ0) is 11.3. The van der Waals surface area contributed by atoms with E-state index in [1.807, 2.05) is 6.20 Å². The van der Waals surface area contributed by atoms with E-state index in [1.54, 1.807) is 0 Å². The van der Waals surface area contributed by atoms with Crippen LogP contribution in [0.5, 0.6) is 0 Å². The molecule has 0 bridgehead atoms. The molecular weight excluding hydrogens is 320 g/mol. The first kappa shape index (κ1) is 13.0. The number of allylic oxidation sites excluding steroid dienone is 2. The third-order valence-corrected chi connectivity index (χ3v) is 3.20. The lowest BCUT2D eigenvalue weighted by molar-refractivity contribution is 0.595. The molecule has 1 heterocycles. The summed E-state index contributed by atoms with van der Waals surface area (Å²) in [5, 5.41) is 5.36. The minimum Gasteiger partial charge on any atom is -0.264 e. The summed E-state index contributed by atoms with van der Waals surface area (Å²) in [5.41, 5.74) is 2.49. The number of alkyl halides is 1. The van der Waals surface area contributed by atoms with Crippen LogP contribution in [0.4, 0.5) is 0 Å². The number of aromatic nitrogens is 2. The van der Waals surface area contributed by atoms with Crippen molar-refractivity contribution < 1.29 is 0 Å². The van der Waals surface area contributed by atoms with Gasteiger partial charge in [-0.1, -0.05) is 28.9 Å². The van der Waals surface area contributed by atoms with Crippen LogP contribution in [0.3, 0.4) is 0 Å². The molecular formula is C11H16Br2N2. The molecule has 0 aromatic carbocycles. The van der Waals surface area contributed by atoms with Gasteiger partial charge in [-0.05, 0) is 41.3 Å². The maximum Gasteiger partial charge on any atom is 0.0778 e. The van der Waals surface area contributed by atoms with Crippen molar-refractivity contribution in [1.82, 2.24) is 9.78 Å². The largest absolute Gasteiger partial charge is 0.264 e. The van der Waals surface area contributed by atoms with Crippen LogP contribution in [0.1, 0.15) is 32.4 Å². The standard InChI is InChI=1S/C11H16Br2N2/c1-3-7-15-11(10(13)8-14-15)9(2)5-4-6-12/h5,8H,3-4,6-7H2,1-2H3. The van der Waals surface area contributed by atoms with Gasteiger partial charge in [-0.15, -0.1) is 0 Å². The predicted molar refractivity (Wildman–Crippen MR) is 72.3 cm³/mol. The number of nitrogens with zero attached hydrogens (tertiary/aromatic N) is 2. The minimum absolute atomic E-state index is 0.973. The van der Waals surface area contributed by atoms with Gasteiger partial charge in [0.05, 0.1) is 16.4 Å². The average Bonchev–Trinajstić information content (AvgIpc) is 2.57. The number of aryl methyl sites for hydroxylation is 1. The number of hydrogen-bond donors (Lipinski definition) is 0. The van der Waals surface area contributed by atoms with Gasteiger partial charge in [0, 0.05) is 11.9 Å². The van der Waals surface area contributed by atoms with Crippen molar-refractivity contribution in [2.75, 3.05) is 5.33 Å². The molecule has 0 fully saturated rings. The fourth-order valence-corrected chi connectivity index (χ4v) is 2.34. The van der Waals surface area contributed by atoms with Gasteiger partial charge in [0.2, 0.25) is 0 Å². The molecule has 1 aromatic rings. The molecule has 0 atom stereocenters. The maximum atomic E-state index is 4.35. The molecule has 0 amide bonds. The topological polar surface area (TPSA) is 17.8 Å². The Kier molecular flexibility index (Phi) is 5.61. The van der Waals surface area contributed by atoms with Crippen LogP contribution >= 0.6 is 31.9 Å². The Balaban J connectivity index is 2.95. The highest BCUT2D eigenvalue weighted by atomic mass is 79.9. The van der Waals surface area contributed by atoms with Crippen molar-refractivity contribution in [3.63, 3.8) is 0 Å². The second kappa shape index (κ2) is 6.48. The summed E-state index contributed by atoms with van der Waals surface area (Å²) in [7, 11) is 0. The first-order chi connectivity index (χ1) is 7.20. The molecule has 1 rings (SSSR count). The van der Waals surface area contributed by atoms with Crippen LogP contribution in [0.25, 0.3) is 5.57 Å². The smallest absolute Gasteiger partial charge is 0.0778 e. The van der Waals surface area contributed by atoms with E-state index in [4.69, 9.17) is 0 Å². The monoisotopic (exact) mass is 334 g/mol. The second-order valence-corrected chi connectivity index (χ2v) is 5.08. The Morgan fingerprint density at radius 2 is 2.33 bits per heavy atom. The van der Waals surface area contributed by atoms with Crippen LogP contribution in [-0.4, -0.2) is 15.1 Å². The Bertz CT molecular complexity index is 342. The Morgan fingerprint density at radius 3 is 2.93 bits per heavy atom. The Morgan fingerprint density at radius 1 is 1.60 bits per heavy atom. The van der Waals surface area contributed by atoms with E-state index in [0.29, 0.717) is 0 Å². The van der Waals surface area contributed by atoms with Crippen LogP contribution < -0.4 is 0 Å². The van der Waals surface area contributed by atoms with Crippen LogP contribution in [-0.2, 0) is 6.54 Å². The van der Waals surface area contributed by atoms with Crippen molar-refractivity contribution in [2.24, 2.45) is 0 Å². The third-order valence-electron chi connectivity index (χ3n) is 2.16. The summed E-state index contributed by atoms with van der Waals surface area (Å²) in [5.74, 6) is 0. The van der Waals surface area contributed by atoms with Gasteiger partial charge in [0.25, 0.3) is 0 Å². The molecule has 4 heteroatoms. The number of rotatable bonds is 5. The van der Waals surface area contributed by atoms with Crippen LogP contribution in [0.15, 0.2) is 16.7 Å². The normalized spacial score (nSPS) is 12.1. The second-order valence-electron chi connectivity index (χ2n) is 3.43. The van der Waals surface area contributed by atoms with Gasteiger partial charge in [-0.25, -0.2) is 0 Å². The SMILES string of the molecule is CCCn1ncc(Br)c1C(C)=CCCBr. The molecule has 0 saturated heterocycles. The van der Waals surface area contributed by atoms with Crippen molar-refractivity contribution >= 4 is 37.4 Å². The summed E-state index contributed by atoms with van der Waals surface area (Å²) in [6, 6.07) is 0. The predicted octanol–water partition coefficient (Wildman–Crippen LogP) is 4.24. The van der Waals surface area contributed by atoms with E-state index < -0.39 is 0 Å². The maximum absolute atomic E-state index is 4.35. The van der Waals surface area contributed by atoms with E-state index in [2.05, 4.69) is 61.6 Å². The number of halogens is 2. The van der Waals surface area contributed by atoms with E-state index >= 15 is 0 Å². The summed E-state index contributed by atoms with van der Waals surface area (Å²) >= 11 is 6.97. The highest BCUT2D eigenvalue weighted by Crippen LogP contribution is 2.24. The molecule has 15 heavy (non-hydrogen) atoms. The lowest BCUT2D eigenvalue weighted by Crippen LogP contribution is -2.03. The van der Waals surface area contributed by atoms with E-state index in [9.17, 15) is 0 Å². The van der Waals surface area contributed by atoms with Gasteiger partial charge in [-0.3, -0.25) is 4.68 Å². The first-order valence-corrected chi connectivity index (χ1v) is 7.06. The van der Waals surface area contributed by atoms with Crippen LogP contribution in [0.2, 0.25) is 0 Å². The Hall–Kier alpha value is -0.0900. The van der Waals surface area contributed by atoms with Gasteiger partial charge in [-0.2, -0.15) is 5.10 Å². The fourth-order valence-electron chi connectivity index (χ4n) is 1.50. The van der Waals surface area contributed by atoms with E-state index in [0.717, 1.165) is 29.2 Å². The van der Waals surface area contributed by atoms with Crippen molar-refractivity contribution in [1.29, 1.82) is 0 Å². The molecule has 0 N–H and O–H groups in total. The van der Waals surface area contributed by atoms with E-state index in [1.165, 1.54) is 11.3 Å². The minimum atomic E-state index is 0.973. The molecule has 0 aliphatic heterocycles. The molecule has 0 aliphatic carbocycles. The van der Waals surface area contributed by atoms with Crippen LogP contribution in [0, 0.1) is 0 Å². The molecule has 0 spiro atoms. The third kappa shape index (κ3) is 3.45. The zero-order valence-electron chi connectivity index (χ0n) is 9.13. The molecule has 1 aromatic heterocycles. The van der Waals surface area contributed by atoms with E-state index in [-0.39, 0.29) is 0 Å². The number of hydrogen-bond acceptors (Lipinski definition) is 1. The molecule has 0 unspecified atom stereocenters. The summed E-state index contributed by atoms with van der Waals surface area (Å²) < 4.78 is 3.14. The fraction of sp³-hybridized carbons (Fsp3) is 0.545. The molecule has 0 saturated carbocycles. The van der Waals surface area contributed by atoms with Gasteiger partial charge >= 0.3 is 0 Å². The highest BCUT2D eigenvalue weighted by molar-refractivity contribution is 9.10. The van der Waals surface area contributed by atoms with Gasteiger partial charge in [0.15, 0.2) is 0 Å². The molecule has 84 valence electrons. The highest BCUT2D eigenvalue weighted by Gasteiger charge is 2.09. The summed E-state index contributed by atoms with van der Waals surface area (Å²) in [6.07, 6.45) is 6.27. The lowest BCUT2D eigenvalue weighted by atomic mass is 10.2. The van der Waals surface area contributed by atoms with Crippen molar-refractivity contribution in [3.8, 4) is 0 Å². The average molecular weight is 336 g/mol. The summed E-state index contributed by atoms with van der Waals surface area (Å²) in [4.78, 5) is 0. The first-order valence-electron chi connectivity index (χ1n) is 5.15. The zero-order valence-corrected chi connectivity index (χ0v) is 12.3. The summed E-state index contributed by atoms with van der Waals surface area (Å²) in [6.45, 7) is 5.27. The van der Waals surface area contributed by atoms with Gasteiger partial charge in [0.1, 0.15) is 0 Å². The lowest BCUT2D eigenvalue weighted by Gasteiger charge is -2.07. The molecule has 2 nitrogen and oxygen atoms in total.